The fraction of sp³-hybridized carbons (Fsp3) is 0.125. The average Bonchev–Trinajstić information content (AvgIpc) is 2.54. The molecule has 0 aliphatic carbocycles. The van der Waals surface area contributed by atoms with Gasteiger partial charge in [0.15, 0.2) is 0 Å². The zero-order valence-electron chi connectivity index (χ0n) is 12.1. The summed E-state index contributed by atoms with van der Waals surface area (Å²) in [5, 5.41) is 1.27. The van der Waals surface area contributed by atoms with Crippen molar-refractivity contribution in [1.29, 1.82) is 0 Å². The fourth-order valence-electron chi connectivity index (χ4n) is 2.31. The van der Waals surface area contributed by atoms with Gasteiger partial charge in [0, 0.05) is 18.1 Å². The Morgan fingerprint density at radius 1 is 1.18 bits per heavy atom. The van der Waals surface area contributed by atoms with E-state index in [-0.39, 0.29) is 0 Å². The molecule has 0 aliphatic rings. The van der Waals surface area contributed by atoms with E-state index >= 15 is 0 Å². The molecule has 6 heteroatoms. The Bertz CT molecular complexity index is 875. The fourth-order valence-corrected chi connectivity index (χ4v) is 2.53. The Labute approximate surface area is 132 Å². The lowest BCUT2D eigenvalue weighted by Gasteiger charge is -2.20. The molecule has 2 aromatic carbocycles. The highest BCUT2D eigenvalue weighted by molar-refractivity contribution is 6.35. The van der Waals surface area contributed by atoms with E-state index in [9.17, 15) is 4.79 Å². The molecular weight excluding hydrogens is 302 g/mol. The molecule has 5 nitrogen and oxygen atoms in total. The first-order valence-corrected chi connectivity index (χ1v) is 7.04. The van der Waals surface area contributed by atoms with Crippen molar-refractivity contribution in [2.45, 2.75) is 0 Å². The molecule has 22 heavy (non-hydrogen) atoms. The van der Waals surface area contributed by atoms with Gasteiger partial charge >= 0.3 is 5.69 Å². The molecule has 0 amide bonds. The monoisotopic (exact) mass is 315 g/mol. The molecule has 0 spiro atoms. The maximum Gasteiger partial charge on any atom is 0.347 e. The number of anilines is 2. The minimum absolute atomic E-state index is 0.434. The van der Waals surface area contributed by atoms with Crippen LogP contribution in [0.25, 0.3) is 10.9 Å². The van der Waals surface area contributed by atoms with Gasteiger partial charge in [0.1, 0.15) is 11.6 Å². The normalized spacial score (nSPS) is 10.7. The summed E-state index contributed by atoms with van der Waals surface area (Å²) in [6.45, 7) is 0. The van der Waals surface area contributed by atoms with E-state index in [1.54, 1.807) is 13.2 Å². The second kappa shape index (κ2) is 5.69. The molecule has 0 aliphatic heterocycles. The molecule has 1 aromatic heterocycles. The molecule has 1 N–H and O–H groups in total. The third-order valence-corrected chi connectivity index (χ3v) is 3.79. The predicted octanol–water partition coefficient (Wildman–Crippen LogP) is 3.35. The van der Waals surface area contributed by atoms with E-state index in [2.05, 4.69) is 9.97 Å². The summed E-state index contributed by atoms with van der Waals surface area (Å²) in [6.07, 6.45) is 0. The largest absolute Gasteiger partial charge is 0.497 e. The van der Waals surface area contributed by atoms with Crippen molar-refractivity contribution in [3.05, 3.63) is 58.0 Å². The van der Waals surface area contributed by atoms with Crippen LogP contribution in [-0.2, 0) is 0 Å². The number of aromatic amines is 1. The number of rotatable bonds is 3. The molecule has 3 rings (SSSR count). The summed E-state index contributed by atoms with van der Waals surface area (Å²) in [6, 6.07) is 12.9. The summed E-state index contributed by atoms with van der Waals surface area (Å²) in [4.78, 5) is 20.4. The van der Waals surface area contributed by atoms with Crippen LogP contribution >= 0.6 is 11.6 Å². The Kier molecular flexibility index (Phi) is 3.73. The van der Waals surface area contributed by atoms with E-state index in [1.165, 1.54) is 0 Å². The minimum atomic E-state index is -0.434. The van der Waals surface area contributed by atoms with E-state index in [0.717, 1.165) is 16.8 Å². The number of H-pyrrole nitrogens is 1. The van der Waals surface area contributed by atoms with Crippen LogP contribution in [0, 0.1) is 0 Å². The number of ether oxygens (including phenoxy) is 1. The molecule has 0 saturated carbocycles. The van der Waals surface area contributed by atoms with Gasteiger partial charge in [-0.3, -0.25) is 0 Å². The molecule has 1 heterocycles. The SMILES string of the molecule is COc1ccc(N(C)c2nc(=O)[nH]c3c(Cl)cccc23)cc1. The molecule has 3 aromatic rings. The zero-order chi connectivity index (χ0) is 15.7. The molecule has 0 fully saturated rings. The third kappa shape index (κ3) is 2.51. The van der Waals surface area contributed by atoms with Gasteiger partial charge in [-0.15, -0.1) is 0 Å². The van der Waals surface area contributed by atoms with Crippen molar-refractivity contribution < 1.29 is 4.74 Å². The highest BCUT2D eigenvalue weighted by Crippen LogP contribution is 2.30. The van der Waals surface area contributed by atoms with Gasteiger partial charge in [0.25, 0.3) is 0 Å². The maximum atomic E-state index is 11.8. The summed E-state index contributed by atoms with van der Waals surface area (Å²) in [5.41, 5.74) is 1.04. The molecule has 0 bridgehead atoms. The molecule has 0 saturated heterocycles. The van der Waals surface area contributed by atoms with Gasteiger partial charge < -0.3 is 14.6 Å². The molecular formula is C16H14ClN3O2. The molecule has 0 atom stereocenters. The van der Waals surface area contributed by atoms with Crippen molar-refractivity contribution >= 4 is 34.0 Å². The number of methoxy groups -OCH3 is 1. The van der Waals surface area contributed by atoms with Crippen molar-refractivity contribution in [2.24, 2.45) is 0 Å². The number of aromatic nitrogens is 2. The lowest BCUT2D eigenvalue weighted by Crippen LogP contribution is -2.19. The lowest BCUT2D eigenvalue weighted by atomic mass is 10.2. The number of fused-ring (bicyclic) bond motifs is 1. The van der Waals surface area contributed by atoms with Gasteiger partial charge in [-0.2, -0.15) is 4.98 Å². The predicted molar refractivity (Wildman–Crippen MR) is 88.4 cm³/mol. The topological polar surface area (TPSA) is 58.2 Å². The van der Waals surface area contributed by atoms with Crippen LogP contribution in [0.1, 0.15) is 0 Å². The summed E-state index contributed by atoms with van der Waals surface area (Å²) in [7, 11) is 3.47. The number of nitrogens with zero attached hydrogens (tertiary/aromatic N) is 2. The highest BCUT2D eigenvalue weighted by Gasteiger charge is 2.13. The van der Waals surface area contributed by atoms with Crippen molar-refractivity contribution in [1.82, 2.24) is 9.97 Å². The Balaban J connectivity index is 2.16. The van der Waals surface area contributed by atoms with Gasteiger partial charge in [0.2, 0.25) is 0 Å². The van der Waals surface area contributed by atoms with Crippen LogP contribution in [0.3, 0.4) is 0 Å². The standard InChI is InChI=1S/C16H14ClN3O2/c1-20(10-6-8-11(22-2)9-7-10)15-12-4-3-5-13(17)14(12)18-16(21)19-15/h3-9H,1-2H3,(H,18,19,21). The number of hydrogen-bond donors (Lipinski definition) is 1. The first kappa shape index (κ1) is 14.4. The van der Waals surface area contributed by atoms with Crippen LogP contribution in [0.15, 0.2) is 47.3 Å². The Hall–Kier alpha value is -2.53. The molecule has 0 unspecified atom stereocenters. The average molecular weight is 316 g/mol. The third-order valence-electron chi connectivity index (χ3n) is 3.47. The second-order valence-corrected chi connectivity index (χ2v) is 5.19. The quantitative estimate of drug-likeness (QED) is 0.805. The first-order chi connectivity index (χ1) is 10.6. The van der Waals surface area contributed by atoms with E-state index in [0.29, 0.717) is 16.4 Å². The van der Waals surface area contributed by atoms with E-state index in [1.807, 2.05) is 48.3 Å². The Morgan fingerprint density at radius 3 is 2.59 bits per heavy atom. The van der Waals surface area contributed by atoms with Crippen molar-refractivity contribution in [3.8, 4) is 5.75 Å². The van der Waals surface area contributed by atoms with Gasteiger partial charge in [-0.05, 0) is 36.4 Å². The summed E-state index contributed by atoms with van der Waals surface area (Å²) >= 11 is 6.16. The minimum Gasteiger partial charge on any atom is -0.497 e. The first-order valence-electron chi connectivity index (χ1n) is 6.66. The van der Waals surface area contributed by atoms with Crippen LogP contribution in [0.4, 0.5) is 11.5 Å². The highest BCUT2D eigenvalue weighted by atomic mass is 35.5. The second-order valence-electron chi connectivity index (χ2n) is 4.79. The van der Waals surface area contributed by atoms with Crippen LogP contribution in [-0.4, -0.2) is 24.1 Å². The van der Waals surface area contributed by atoms with Crippen LogP contribution in [0.5, 0.6) is 5.75 Å². The van der Waals surface area contributed by atoms with Crippen LogP contribution < -0.4 is 15.3 Å². The van der Waals surface area contributed by atoms with E-state index in [4.69, 9.17) is 16.3 Å². The summed E-state index contributed by atoms with van der Waals surface area (Å²) in [5.74, 6) is 1.32. The number of halogens is 1. The Morgan fingerprint density at radius 2 is 1.91 bits per heavy atom. The molecule has 0 radical (unpaired) electrons. The lowest BCUT2D eigenvalue weighted by molar-refractivity contribution is 0.415. The number of nitrogens with one attached hydrogen (secondary N) is 1. The molecule has 112 valence electrons. The number of benzene rings is 2. The van der Waals surface area contributed by atoms with Gasteiger partial charge in [-0.25, -0.2) is 4.79 Å². The van der Waals surface area contributed by atoms with Crippen molar-refractivity contribution in [3.63, 3.8) is 0 Å². The van der Waals surface area contributed by atoms with Gasteiger partial charge in [-0.1, -0.05) is 17.7 Å². The summed E-state index contributed by atoms with van der Waals surface area (Å²) < 4.78 is 5.15. The zero-order valence-corrected chi connectivity index (χ0v) is 12.9. The maximum absolute atomic E-state index is 11.8. The number of para-hydroxylation sites is 1. The van der Waals surface area contributed by atoms with Crippen molar-refractivity contribution in [2.75, 3.05) is 19.1 Å². The van der Waals surface area contributed by atoms with E-state index < -0.39 is 5.69 Å². The number of hydrogen-bond acceptors (Lipinski definition) is 4. The van der Waals surface area contributed by atoms with Gasteiger partial charge in [0.05, 0.1) is 17.6 Å². The van der Waals surface area contributed by atoms with Crippen LogP contribution in [0.2, 0.25) is 5.02 Å². The smallest absolute Gasteiger partial charge is 0.347 e.